The second kappa shape index (κ2) is 7.13. The zero-order valence-electron chi connectivity index (χ0n) is 18.0. The second-order valence-corrected chi connectivity index (χ2v) is 9.17. The van der Waals surface area contributed by atoms with Gasteiger partial charge in [0, 0.05) is 43.3 Å². The third-order valence-electron chi connectivity index (χ3n) is 7.59. The summed E-state index contributed by atoms with van der Waals surface area (Å²) in [5.74, 6) is 0.981. The number of nitrogens with zero attached hydrogens (tertiary/aromatic N) is 2. The summed E-state index contributed by atoms with van der Waals surface area (Å²) in [6.45, 7) is 2.84. The summed E-state index contributed by atoms with van der Waals surface area (Å²) in [5.41, 5.74) is 4.70. The number of aliphatic hydroxyl groups is 1. The maximum absolute atomic E-state index is 12.5. The van der Waals surface area contributed by atoms with Crippen molar-refractivity contribution in [2.45, 2.75) is 51.3 Å². The van der Waals surface area contributed by atoms with Crippen LogP contribution in [0, 0.1) is 0 Å². The molecule has 3 aromatic carbocycles. The molecule has 1 N–H and O–H groups in total. The molecule has 160 valence electrons. The van der Waals surface area contributed by atoms with Crippen molar-refractivity contribution in [1.82, 2.24) is 4.90 Å². The van der Waals surface area contributed by atoms with E-state index in [0.29, 0.717) is 24.8 Å². The molecule has 0 saturated carbocycles. The van der Waals surface area contributed by atoms with E-state index in [4.69, 9.17) is 4.74 Å². The third kappa shape index (κ3) is 2.83. The molecule has 2 fully saturated rings. The van der Waals surface area contributed by atoms with Gasteiger partial charge in [0.1, 0.15) is 5.75 Å². The third-order valence-corrected chi connectivity index (χ3v) is 7.59. The minimum Gasteiger partial charge on any atom is -0.496 e. The molecule has 6 rings (SSSR count). The summed E-state index contributed by atoms with van der Waals surface area (Å²) in [6, 6.07) is 11.4. The van der Waals surface area contributed by atoms with Crippen LogP contribution in [0.2, 0.25) is 0 Å². The molecule has 3 aliphatic rings. The molecule has 0 bridgehead atoms. The Labute approximate surface area is 182 Å². The molecule has 31 heavy (non-hydrogen) atoms. The molecule has 3 aliphatic heterocycles. The highest BCUT2D eigenvalue weighted by atomic mass is 16.5. The Morgan fingerprint density at radius 2 is 1.84 bits per heavy atom. The van der Waals surface area contributed by atoms with Gasteiger partial charge in [-0.25, -0.2) is 0 Å². The van der Waals surface area contributed by atoms with Gasteiger partial charge in [0.05, 0.1) is 13.7 Å². The number of hydrogen-bond donors (Lipinski definition) is 1. The number of aliphatic hydroxyl groups excluding tert-OH is 1. The smallest absolute Gasteiger partial charge is 0.223 e. The number of fused-ring (bicyclic) bond motifs is 7. The van der Waals surface area contributed by atoms with Gasteiger partial charge in [-0.05, 0) is 82.6 Å². The number of rotatable bonds is 3. The van der Waals surface area contributed by atoms with Crippen LogP contribution in [-0.2, 0) is 24.4 Å². The molecule has 1 atom stereocenters. The molecule has 0 unspecified atom stereocenters. The van der Waals surface area contributed by atoms with E-state index in [-0.39, 0.29) is 12.5 Å². The molecule has 0 aliphatic carbocycles. The van der Waals surface area contributed by atoms with E-state index in [1.54, 1.807) is 7.11 Å². The first-order chi connectivity index (χ1) is 15.2. The summed E-state index contributed by atoms with van der Waals surface area (Å²) in [5, 5.41) is 14.8. The molecular weight excluding hydrogens is 388 g/mol. The first-order valence-corrected chi connectivity index (χ1v) is 11.4. The lowest BCUT2D eigenvalue weighted by atomic mass is 9.84. The number of amides is 1. The molecule has 1 amide bonds. The van der Waals surface area contributed by atoms with E-state index in [2.05, 4.69) is 40.1 Å². The lowest BCUT2D eigenvalue weighted by Gasteiger charge is -2.34. The SMILES string of the molecule is COc1cc2c3c(c4ccc(N5CCCC5)cc4c2cc1CO)C[C@@H]1CCC(=O)N1C3. The van der Waals surface area contributed by atoms with Crippen LogP contribution in [0.4, 0.5) is 5.69 Å². The van der Waals surface area contributed by atoms with Crippen LogP contribution >= 0.6 is 0 Å². The molecule has 2 saturated heterocycles. The molecule has 0 radical (unpaired) electrons. The monoisotopic (exact) mass is 416 g/mol. The molecular formula is C26H28N2O3. The fraction of sp³-hybridized carbons (Fsp3) is 0.423. The van der Waals surface area contributed by atoms with Gasteiger partial charge in [-0.2, -0.15) is 0 Å². The summed E-state index contributed by atoms with van der Waals surface area (Å²) < 4.78 is 5.61. The maximum atomic E-state index is 12.5. The summed E-state index contributed by atoms with van der Waals surface area (Å²) >= 11 is 0. The predicted octanol–water partition coefficient (Wildman–Crippen LogP) is 4.14. The highest BCUT2D eigenvalue weighted by Crippen LogP contribution is 2.43. The van der Waals surface area contributed by atoms with Crippen molar-refractivity contribution in [2.75, 3.05) is 25.1 Å². The Bertz CT molecular complexity index is 1210. The van der Waals surface area contributed by atoms with Crippen LogP contribution in [0.25, 0.3) is 21.5 Å². The van der Waals surface area contributed by atoms with E-state index < -0.39 is 0 Å². The number of methoxy groups -OCH3 is 1. The van der Waals surface area contributed by atoms with Crippen molar-refractivity contribution in [2.24, 2.45) is 0 Å². The predicted molar refractivity (Wildman–Crippen MR) is 123 cm³/mol. The van der Waals surface area contributed by atoms with Crippen molar-refractivity contribution < 1.29 is 14.6 Å². The Kier molecular flexibility index (Phi) is 4.35. The van der Waals surface area contributed by atoms with Gasteiger partial charge in [-0.15, -0.1) is 0 Å². The number of anilines is 1. The molecule has 3 aromatic rings. The average molecular weight is 417 g/mol. The molecule has 3 heterocycles. The standard InChI is InChI=1S/C26H28N2O3/c1-31-25-13-23-20(10-16(25)15-29)21-11-17(27-8-2-3-9-27)4-6-19(21)22-12-18-5-7-26(30)28(18)14-24(22)23/h4,6,10-11,13,18,29H,2-3,5,7-9,12,14-15H2,1H3/t18-/m0/s1. The first kappa shape index (κ1) is 18.9. The van der Waals surface area contributed by atoms with E-state index in [1.165, 1.54) is 40.4 Å². The summed E-state index contributed by atoms with van der Waals surface area (Å²) in [4.78, 5) is 17.0. The number of carbonyl (C=O) groups is 1. The van der Waals surface area contributed by atoms with Crippen molar-refractivity contribution in [3.05, 3.63) is 47.0 Å². The lowest BCUT2D eigenvalue weighted by Crippen LogP contribution is -2.38. The fourth-order valence-electron chi connectivity index (χ4n) is 5.97. The number of carbonyl (C=O) groups excluding carboxylic acids is 1. The van der Waals surface area contributed by atoms with E-state index in [0.717, 1.165) is 42.3 Å². The van der Waals surface area contributed by atoms with Gasteiger partial charge in [0.15, 0.2) is 0 Å². The summed E-state index contributed by atoms with van der Waals surface area (Å²) in [7, 11) is 1.65. The highest BCUT2D eigenvalue weighted by molar-refractivity contribution is 6.12. The van der Waals surface area contributed by atoms with Gasteiger partial charge in [0.25, 0.3) is 0 Å². The highest BCUT2D eigenvalue weighted by Gasteiger charge is 2.36. The molecule has 5 heteroatoms. The van der Waals surface area contributed by atoms with E-state index >= 15 is 0 Å². The number of benzene rings is 3. The van der Waals surface area contributed by atoms with Crippen LogP contribution in [0.3, 0.4) is 0 Å². The molecule has 0 spiro atoms. The first-order valence-electron chi connectivity index (χ1n) is 11.4. The Hall–Kier alpha value is -2.79. The Morgan fingerprint density at radius 1 is 1.03 bits per heavy atom. The van der Waals surface area contributed by atoms with Gasteiger partial charge in [0.2, 0.25) is 5.91 Å². The van der Waals surface area contributed by atoms with Gasteiger partial charge < -0.3 is 19.6 Å². The zero-order valence-corrected chi connectivity index (χ0v) is 18.0. The quantitative estimate of drug-likeness (QED) is 0.652. The van der Waals surface area contributed by atoms with Crippen molar-refractivity contribution in [3.8, 4) is 5.75 Å². The minimum atomic E-state index is -0.0593. The zero-order chi connectivity index (χ0) is 21.1. The average Bonchev–Trinajstić information content (AvgIpc) is 3.47. The second-order valence-electron chi connectivity index (χ2n) is 9.17. The van der Waals surface area contributed by atoms with Crippen LogP contribution in [0.1, 0.15) is 42.4 Å². The normalized spacial score (nSPS) is 20.6. The van der Waals surface area contributed by atoms with Crippen LogP contribution in [-0.4, -0.2) is 42.2 Å². The van der Waals surface area contributed by atoms with E-state index in [1.807, 2.05) is 0 Å². The largest absolute Gasteiger partial charge is 0.496 e. The van der Waals surface area contributed by atoms with Crippen molar-refractivity contribution >= 4 is 33.1 Å². The number of ether oxygens (including phenoxy) is 1. The van der Waals surface area contributed by atoms with Gasteiger partial charge >= 0.3 is 0 Å². The van der Waals surface area contributed by atoms with Crippen molar-refractivity contribution in [1.29, 1.82) is 0 Å². The topological polar surface area (TPSA) is 53.0 Å². The summed E-state index contributed by atoms with van der Waals surface area (Å²) in [6.07, 6.45) is 5.03. The van der Waals surface area contributed by atoms with Crippen molar-refractivity contribution in [3.63, 3.8) is 0 Å². The van der Waals surface area contributed by atoms with Gasteiger partial charge in [-0.1, -0.05) is 6.07 Å². The minimum absolute atomic E-state index is 0.0593. The maximum Gasteiger partial charge on any atom is 0.223 e. The van der Waals surface area contributed by atoms with E-state index in [9.17, 15) is 9.90 Å². The fourth-order valence-corrected chi connectivity index (χ4v) is 5.97. The van der Waals surface area contributed by atoms with Crippen LogP contribution in [0.5, 0.6) is 5.75 Å². The lowest BCUT2D eigenvalue weighted by molar-refractivity contribution is -0.129. The Balaban J connectivity index is 1.65. The molecule has 5 nitrogen and oxygen atoms in total. The Morgan fingerprint density at radius 3 is 2.61 bits per heavy atom. The molecule has 0 aromatic heterocycles. The van der Waals surface area contributed by atoms with Crippen LogP contribution in [0.15, 0.2) is 30.3 Å². The van der Waals surface area contributed by atoms with Gasteiger partial charge in [-0.3, -0.25) is 4.79 Å². The number of hydrogen-bond acceptors (Lipinski definition) is 4. The van der Waals surface area contributed by atoms with Crippen LogP contribution < -0.4 is 9.64 Å².